The first-order valence-corrected chi connectivity index (χ1v) is 5.69. The summed E-state index contributed by atoms with van der Waals surface area (Å²) in [5, 5.41) is 15.5. The standard InChI is InChI=1S/C12H16N4/c13-7-12-6-11(3-5-15-12)16-9-10-2-1-4-14-8-10/h3,5-6,10,14H,1-2,4,8-9H2,(H,15,16). The van der Waals surface area contributed by atoms with Crippen LogP contribution in [0.25, 0.3) is 0 Å². The van der Waals surface area contributed by atoms with E-state index < -0.39 is 0 Å². The summed E-state index contributed by atoms with van der Waals surface area (Å²) in [6.07, 6.45) is 4.20. The number of pyridine rings is 1. The molecule has 0 bridgehead atoms. The largest absolute Gasteiger partial charge is 0.385 e. The third-order valence-corrected chi connectivity index (χ3v) is 2.87. The minimum Gasteiger partial charge on any atom is -0.385 e. The maximum absolute atomic E-state index is 8.73. The summed E-state index contributed by atoms with van der Waals surface area (Å²) >= 11 is 0. The number of nitrogens with one attached hydrogen (secondary N) is 2. The monoisotopic (exact) mass is 216 g/mol. The van der Waals surface area contributed by atoms with Gasteiger partial charge >= 0.3 is 0 Å². The lowest BCUT2D eigenvalue weighted by molar-refractivity contribution is 0.393. The normalized spacial score (nSPS) is 20.1. The highest BCUT2D eigenvalue weighted by Crippen LogP contribution is 2.12. The second kappa shape index (κ2) is 5.47. The summed E-state index contributed by atoms with van der Waals surface area (Å²) in [5.74, 6) is 0.687. The molecule has 1 saturated heterocycles. The van der Waals surface area contributed by atoms with Crippen LogP contribution in [0.5, 0.6) is 0 Å². The predicted octanol–water partition coefficient (Wildman–Crippen LogP) is 1.36. The van der Waals surface area contributed by atoms with Crippen LogP contribution >= 0.6 is 0 Å². The highest BCUT2D eigenvalue weighted by molar-refractivity contribution is 5.45. The van der Waals surface area contributed by atoms with E-state index in [0.29, 0.717) is 11.6 Å². The maximum atomic E-state index is 8.73. The van der Waals surface area contributed by atoms with E-state index in [0.717, 1.165) is 25.3 Å². The quantitative estimate of drug-likeness (QED) is 0.801. The zero-order chi connectivity index (χ0) is 11.2. The van der Waals surface area contributed by atoms with Crippen molar-refractivity contribution in [1.82, 2.24) is 10.3 Å². The fourth-order valence-corrected chi connectivity index (χ4v) is 1.96. The molecule has 1 aliphatic heterocycles. The summed E-state index contributed by atoms with van der Waals surface area (Å²) in [6, 6.07) is 5.73. The zero-order valence-electron chi connectivity index (χ0n) is 9.24. The topological polar surface area (TPSA) is 60.7 Å². The fourth-order valence-electron chi connectivity index (χ4n) is 1.96. The van der Waals surface area contributed by atoms with E-state index in [9.17, 15) is 0 Å². The number of anilines is 1. The fraction of sp³-hybridized carbons (Fsp3) is 0.500. The molecule has 1 fully saturated rings. The Kier molecular flexibility index (Phi) is 3.73. The molecule has 2 rings (SSSR count). The zero-order valence-corrected chi connectivity index (χ0v) is 9.24. The second-order valence-corrected chi connectivity index (χ2v) is 4.13. The molecule has 16 heavy (non-hydrogen) atoms. The molecule has 1 aromatic heterocycles. The van der Waals surface area contributed by atoms with Crippen LogP contribution in [0.15, 0.2) is 18.3 Å². The van der Waals surface area contributed by atoms with Crippen LogP contribution in [0.2, 0.25) is 0 Å². The SMILES string of the molecule is N#Cc1cc(NCC2CCCNC2)ccn1. The van der Waals surface area contributed by atoms with Gasteiger partial charge in [0.15, 0.2) is 0 Å². The Bertz CT molecular complexity index is 377. The van der Waals surface area contributed by atoms with Gasteiger partial charge in [-0.1, -0.05) is 0 Å². The van der Waals surface area contributed by atoms with Crippen molar-refractivity contribution >= 4 is 5.69 Å². The lowest BCUT2D eigenvalue weighted by Gasteiger charge is -2.23. The number of rotatable bonds is 3. The Hall–Kier alpha value is -1.60. The summed E-state index contributed by atoms with van der Waals surface area (Å²) in [6.45, 7) is 3.19. The van der Waals surface area contributed by atoms with Crippen molar-refractivity contribution in [2.24, 2.45) is 5.92 Å². The Morgan fingerprint density at radius 3 is 3.31 bits per heavy atom. The molecular formula is C12H16N4. The molecule has 4 nitrogen and oxygen atoms in total. The van der Waals surface area contributed by atoms with Crippen molar-refractivity contribution in [3.63, 3.8) is 0 Å². The van der Waals surface area contributed by atoms with Gasteiger partial charge < -0.3 is 10.6 Å². The van der Waals surface area contributed by atoms with Gasteiger partial charge in [0, 0.05) is 18.4 Å². The molecule has 1 atom stereocenters. The van der Waals surface area contributed by atoms with E-state index in [1.165, 1.54) is 12.8 Å². The molecule has 1 aromatic rings. The van der Waals surface area contributed by atoms with Gasteiger partial charge in [0.1, 0.15) is 11.8 Å². The van der Waals surface area contributed by atoms with Gasteiger partial charge in [-0.3, -0.25) is 0 Å². The van der Waals surface area contributed by atoms with Crippen LogP contribution in [0.3, 0.4) is 0 Å². The van der Waals surface area contributed by atoms with Gasteiger partial charge in [0.2, 0.25) is 0 Å². The molecule has 84 valence electrons. The first-order valence-electron chi connectivity index (χ1n) is 5.69. The van der Waals surface area contributed by atoms with Crippen molar-refractivity contribution in [3.8, 4) is 6.07 Å². The number of nitrogens with zero attached hydrogens (tertiary/aromatic N) is 2. The van der Waals surface area contributed by atoms with E-state index >= 15 is 0 Å². The molecule has 0 radical (unpaired) electrons. The number of nitriles is 1. The lowest BCUT2D eigenvalue weighted by Crippen LogP contribution is -2.33. The first kappa shape index (κ1) is 10.9. The van der Waals surface area contributed by atoms with Gasteiger partial charge in [0.25, 0.3) is 0 Å². The third kappa shape index (κ3) is 2.94. The molecule has 1 unspecified atom stereocenters. The third-order valence-electron chi connectivity index (χ3n) is 2.87. The first-order chi connectivity index (χ1) is 7.88. The molecule has 2 heterocycles. The van der Waals surface area contributed by atoms with Crippen molar-refractivity contribution in [2.75, 3.05) is 25.0 Å². The summed E-state index contributed by atoms with van der Waals surface area (Å²) in [4.78, 5) is 3.94. The Morgan fingerprint density at radius 1 is 1.62 bits per heavy atom. The maximum Gasteiger partial charge on any atom is 0.142 e. The van der Waals surface area contributed by atoms with E-state index in [1.807, 2.05) is 12.1 Å². The van der Waals surface area contributed by atoms with Gasteiger partial charge in [-0.25, -0.2) is 4.98 Å². The Balaban J connectivity index is 1.86. The van der Waals surface area contributed by atoms with Crippen molar-refractivity contribution in [3.05, 3.63) is 24.0 Å². The number of hydrogen-bond acceptors (Lipinski definition) is 4. The molecule has 2 N–H and O–H groups in total. The van der Waals surface area contributed by atoms with E-state index in [-0.39, 0.29) is 0 Å². The van der Waals surface area contributed by atoms with Crippen LogP contribution in [0, 0.1) is 17.2 Å². The number of piperidine rings is 1. The second-order valence-electron chi connectivity index (χ2n) is 4.13. The van der Waals surface area contributed by atoms with E-state index in [1.54, 1.807) is 12.3 Å². The molecule has 4 heteroatoms. The number of hydrogen-bond donors (Lipinski definition) is 2. The molecule has 0 saturated carbocycles. The predicted molar refractivity (Wildman–Crippen MR) is 63.0 cm³/mol. The van der Waals surface area contributed by atoms with E-state index in [2.05, 4.69) is 15.6 Å². The van der Waals surface area contributed by atoms with Gasteiger partial charge in [-0.05, 0) is 44.0 Å². The summed E-state index contributed by atoms with van der Waals surface area (Å²) < 4.78 is 0. The van der Waals surface area contributed by atoms with Crippen LogP contribution in [-0.2, 0) is 0 Å². The summed E-state index contributed by atoms with van der Waals surface area (Å²) in [7, 11) is 0. The summed E-state index contributed by atoms with van der Waals surface area (Å²) in [5.41, 5.74) is 1.45. The molecule has 0 amide bonds. The van der Waals surface area contributed by atoms with Gasteiger partial charge in [-0.2, -0.15) is 5.26 Å². The van der Waals surface area contributed by atoms with Crippen molar-refractivity contribution in [2.45, 2.75) is 12.8 Å². The Morgan fingerprint density at radius 2 is 2.56 bits per heavy atom. The van der Waals surface area contributed by atoms with Crippen LogP contribution in [0.4, 0.5) is 5.69 Å². The smallest absolute Gasteiger partial charge is 0.142 e. The molecule has 0 aliphatic carbocycles. The highest BCUT2D eigenvalue weighted by atomic mass is 14.9. The van der Waals surface area contributed by atoms with Crippen LogP contribution in [0.1, 0.15) is 18.5 Å². The van der Waals surface area contributed by atoms with Crippen molar-refractivity contribution < 1.29 is 0 Å². The number of aromatic nitrogens is 1. The van der Waals surface area contributed by atoms with Crippen LogP contribution in [-0.4, -0.2) is 24.6 Å². The lowest BCUT2D eigenvalue weighted by atomic mass is 10.00. The van der Waals surface area contributed by atoms with Gasteiger partial charge in [-0.15, -0.1) is 0 Å². The van der Waals surface area contributed by atoms with Crippen molar-refractivity contribution in [1.29, 1.82) is 5.26 Å². The molecule has 0 spiro atoms. The molecular weight excluding hydrogens is 200 g/mol. The Labute approximate surface area is 95.7 Å². The minimum absolute atomic E-state index is 0.465. The minimum atomic E-state index is 0.465. The average Bonchev–Trinajstić information content (AvgIpc) is 2.38. The average molecular weight is 216 g/mol. The molecule has 1 aliphatic rings. The van der Waals surface area contributed by atoms with E-state index in [4.69, 9.17) is 5.26 Å². The highest BCUT2D eigenvalue weighted by Gasteiger charge is 2.12. The van der Waals surface area contributed by atoms with Gasteiger partial charge in [0.05, 0.1) is 0 Å². The van der Waals surface area contributed by atoms with Crippen LogP contribution < -0.4 is 10.6 Å². The molecule has 0 aromatic carbocycles.